The second kappa shape index (κ2) is 7.18. The maximum atomic E-state index is 13.9. The zero-order chi connectivity index (χ0) is 17.1. The lowest BCUT2D eigenvalue weighted by Gasteiger charge is -2.36. The van der Waals surface area contributed by atoms with Gasteiger partial charge in [0.1, 0.15) is 5.82 Å². The van der Waals surface area contributed by atoms with Crippen molar-refractivity contribution in [1.29, 1.82) is 0 Å². The lowest BCUT2D eigenvalue weighted by molar-refractivity contribution is 0.122. The number of hydrogen-bond acceptors (Lipinski definition) is 7. The predicted octanol–water partition coefficient (Wildman–Crippen LogP) is 1.17. The molecule has 0 aliphatic carbocycles. The Morgan fingerprint density at radius 1 is 0.840 bits per heavy atom. The van der Waals surface area contributed by atoms with E-state index in [0.29, 0.717) is 18.9 Å². The van der Waals surface area contributed by atoms with E-state index in [1.54, 1.807) is 18.5 Å². The van der Waals surface area contributed by atoms with E-state index in [1.165, 1.54) is 6.07 Å². The molecule has 7 nitrogen and oxygen atoms in total. The van der Waals surface area contributed by atoms with Crippen molar-refractivity contribution in [2.24, 2.45) is 0 Å². The van der Waals surface area contributed by atoms with Crippen LogP contribution in [0.15, 0.2) is 30.6 Å². The van der Waals surface area contributed by atoms with Gasteiger partial charge < -0.3 is 19.4 Å². The van der Waals surface area contributed by atoms with Crippen LogP contribution in [-0.2, 0) is 4.74 Å². The smallest absolute Gasteiger partial charge is 0.227 e. The summed E-state index contributed by atoms with van der Waals surface area (Å²) in [6.07, 6.45) is 3.43. The van der Waals surface area contributed by atoms with E-state index in [9.17, 15) is 4.39 Å². The van der Waals surface area contributed by atoms with E-state index in [4.69, 9.17) is 9.72 Å². The van der Waals surface area contributed by atoms with Crippen molar-refractivity contribution >= 4 is 17.6 Å². The molecule has 0 atom stereocenters. The Hall–Kier alpha value is -2.48. The lowest BCUT2D eigenvalue weighted by Crippen LogP contribution is -2.47. The van der Waals surface area contributed by atoms with E-state index >= 15 is 0 Å². The van der Waals surface area contributed by atoms with Gasteiger partial charge in [-0.25, -0.2) is 14.4 Å². The summed E-state index contributed by atoms with van der Waals surface area (Å²) in [7, 11) is 0. The molecule has 2 aromatic rings. The standard InChI is InChI=1S/C17H21FN6O/c18-14-2-1-4-19-16(14)23-6-8-24(9-7-23)17-20-5-3-15(21-17)22-10-12-25-13-11-22/h1-5H,6-13H2. The summed E-state index contributed by atoms with van der Waals surface area (Å²) in [4.78, 5) is 19.6. The number of nitrogens with zero attached hydrogens (tertiary/aromatic N) is 6. The minimum Gasteiger partial charge on any atom is -0.378 e. The molecule has 0 radical (unpaired) electrons. The molecule has 2 saturated heterocycles. The highest BCUT2D eigenvalue weighted by Gasteiger charge is 2.22. The number of anilines is 3. The Morgan fingerprint density at radius 3 is 2.36 bits per heavy atom. The molecule has 0 amide bonds. The molecule has 2 fully saturated rings. The summed E-state index contributed by atoms with van der Waals surface area (Å²) in [6.45, 7) is 6.02. The molecular weight excluding hydrogens is 323 g/mol. The molecule has 4 heterocycles. The van der Waals surface area contributed by atoms with Crippen molar-refractivity contribution in [2.75, 3.05) is 67.2 Å². The summed E-state index contributed by atoms with van der Waals surface area (Å²) in [6, 6.07) is 5.00. The number of ether oxygens (including phenoxy) is 1. The molecule has 2 aromatic heterocycles. The van der Waals surface area contributed by atoms with Gasteiger partial charge in [-0.2, -0.15) is 4.98 Å². The number of hydrogen-bond donors (Lipinski definition) is 0. The summed E-state index contributed by atoms with van der Waals surface area (Å²) < 4.78 is 19.3. The highest BCUT2D eigenvalue weighted by molar-refractivity contribution is 5.46. The van der Waals surface area contributed by atoms with E-state index in [2.05, 4.69) is 19.8 Å². The van der Waals surface area contributed by atoms with Crippen LogP contribution in [0.3, 0.4) is 0 Å². The average molecular weight is 344 g/mol. The SMILES string of the molecule is Fc1cccnc1N1CCN(c2nccc(N3CCOCC3)n2)CC1. The van der Waals surface area contributed by atoms with Crippen LogP contribution in [0.4, 0.5) is 22.0 Å². The Kier molecular flexibility index (Phi) is 4.60. The first-order chi connectivity index (χ1) is 12.3. The van der Waals surface area contributed by atoms with Crippen LogP contribution in [-0.4, -0.2) is 67.4 Å². The van der Waals surface area contributed by atoms with Gasteiger partial charge >= 0.3 is 0 Å². The zero-order valence-corrected chi connectivity index (χ0v) is 14.0. The van der Waals surface area contributed by atoms with Crippen LogP contribution >= 0.6 is 0 Å². The number of rotatable bonds is 3. The highest BCUT2D eigenvalue weighted by Crippen LogP contribution is 2.20. The monoisotopic (exact) mass is 344 g/mol. The molecule has 0 N–H and O–H groups in total. The van der Waals surface area contributed by atoms with Crippen LogP contribution in [0.25, 0.3) is 0 Å². The third-order valence-corrected chi connectivity index (χ3v) is 4.56. The molecule has 0 spiro atoms. The predicted molar refractivity (Wildman–Crippen MR) is 93.7 cm³/mol. The molecule has 2 aliphatic heterocycles. The largest absolute Gasteiger partial charge is 0.378 e. The molecule has 25 heavy (non-hydrogen) atoms. The van der Waals surface area contributed by atoms with Gasteiger partial charge in [-0.1, -0.05) is 0 Å². The van der Waals surface area contributed by atoms with Crippen LogP contribution in [0.5, 0.6) is 0 Å². The van der Waals surface area contributed by atoms with E-state index in [0.717, 1.165) is 51.2 Å². The van der Waals surface area contributed by atoms with Crippen LogP contribution in [0.1, 0.15) is 0 Å². The normalized spacial score (nSPS) is 18.5. The molecule has 8 heteroatoms. The van der Waals surface area contributed by atoms with Gasteiger partial charge in [0, 0.05) is 51.7 Å². The fourth-order valence-corrected chi connectivity index (χ4v) is 3.19. The summed E-state index contributed by atoms with van der Waals surface area (Å²) in [5, 5.41) is 0. The Balaban J connectivity index is 1.43. The highest BCUT2D eigenvalue weighted by atomic mass is 19.1. The zero-order valence-electron chi connectivity index (χ0n) is 14.0. The molecular formula is C17H21FN6O. The van der Waals surface area contributed by atoms with Crippen molar-refractivity contribution in [1.82, 2.24) is 15.0 Å². The molecule has 0 bridgehead atoms. The van der Waals surface area contributed by atoms with Gasteiger partial charge in [0.05, 0.1) is 13.2 Å². The number of morpholine rings is 1. The van der Waals surface area contributed by atoms with Gasteiger partial charge in [0.15, 0.2) is 11.6 Å². The Labute approximate surface area is 146 Å². The molecule has 2 aliphatic rings. The minimum absolute atomic E-state index is 0.276. The second-order valence-electron chi connectivity index (χ2n) is 6.10. The van der Waals surface area contributed by atoms with Gasteiger partial charge in [0.25, 0.3) is 0 Å². The molecule has 0 aromatic carbocycles. The minimum atomic E-state index is -0.276. The Bertz CT molecular complexity index is 716. The first-order valence-electron chi connectivity index (χ1n) is 8.57. The number of halogens is 1. The molecule has 0 saturated carbocycles. The maximum absolute atomic E-state index is 13.9. The fraction of sp³-hybridized carbons (Fsp3) is 0.471. The number of piperazine rings is 1. The van der Waals surface area contributed by atoms with Gasteiger partial charge in [-0.3, -0.25) is 0 Å². The summed E-state index contributed by atoms with van der Waals surface area (Å²) in [5.41, 5.74) is 0. The van der Waals surface area contributed by atoms with Crippen LogP contribution < -0.4 is 14.7 Å². The fourth-order valence-electron chi connectivity index (χ4n) is 3.19. The number of pyridine rings is 1. The van der Waals surface area contributed by atoms with E-state index < -0.39 is 0 Å². The lowest BCUT2D eigenvalue weighted by atomic mass is 10.3. The molecule has 132 valence electrons. The van der Waals surface area contributed by atoms with Crippen molar-refractivity contribution in [3.05, 3.63) is 36.4 Å². The average Bonchev–Trinajstić information content (AvgIpc) is 2.69. The summed E-state index contributed by atoms with van der Waals surface area (Å²) in [5.74, 6) is 1.81. The number of aromatic nitrogens is 3. The topological polar surface area (TPSA) is 57.6 Å². The van der Waals surface area contributed by atoms with Crippen molar-refractivity contribution < 1.29 is 9.13 Å². The van der Waals surface area contributed by atoms with E-state index in [1.807, 2.05) is 11.0 Å². The van der Waals surface area contributed by atoms with E-state index in [-0.39, 0.29) is 5.82 Å². The quantitative estimate of drug-likeness (QED) is 0.828. The molecule has 0 unspecified atom stereocenters. The third kappa shape index (κ3) is 3.48. The second-order valence-corrected chi connectivity index (χ2v) is 6.10. The van der Waals surface area contributed by atoms with Gasteiger partial charge in [-0.15, -0.1) is 0 Å². The van der Waals surface area contributed by atoms with Crippen LogP contribution in [0.2, 0.25) is 0 Å². The maximum Gasteiger partial charge on any atom is 0.227 e. The van der Waals surface area contributed by atoms with Crippen LogP contribution in [0, 0.1) is 5.82 Å². The first-order valence-corrected chi connectivity index (χ1v) is 8.57. The Morgan fingerprint density at radius 2 is 1.60 bits per heavy atom. The molecule has 4 rings (SSSR count). The van der Waals surface area contributed by atoms with Crippen molar-refractivity contribution in [3.8, 4) is 0 Å². The van der Waals surface area contributed by atoms with Gasteiger partial charge in [0.2, 0.25) is 5.95 Å². The van der Waals surface area contributed by atoms with Gasteiger partial charge in [-0.05, 0) is 18.2 Å². The first kappa shape index (κ1) is 16.0. The van der Waals surface area contributed by atoms with Crippen molar-refractivity contribution in [2.45, 2.75) is 0 Å². The third-order valence-electron chi connectivity index (χ3n) is 4.56. The summed E-state index contributed by atoms with van der Waals surface area (Å²) >= 11 is 0. The van der Waals surface area contributed by atoms with Crippen molar-refractivity contribution in [3.63, 3.8) is 0 Å².